The van der Waals surface area contributed by atoms with Crippen molar-refractivity contribution in [1.82, 2.24) is 0 Å². The van der Waals surface area contributed by atoms with Gasteiger partial charge in [0.25, 0.3) is 0 Å². The molecule has 0 amide bonds. The zero-order chi connectivity index (χ0) is 59.9. The van der Waals surface area contributed by atoms with Crippen LogP contribution in [0.4, 0.5) is 0 Å². The molecule has 37 nitrogen and oxygen atoms in total. The number of hydrogen-bond donors (Lipinski definition) is 20. The lowest BCUT2D eigenvalue weighted by Crippen LogP contribution is -2.68. The van der Waals surface area contributed by atoms with Gasteiger partial charge >= 0.3 is 5.97 Å². The summed E-state index contributed by atoms with van der Waals surface area (Å²) in [5, 5.41) is 222. The van der Waals surface area contributed by atoms with Gasteiger partial charge < -0.3 is 173 Å². The van der Waals surface area contributed by atoms with E-state index in [4.69, 9.17) is 71.1 Å². The summed E-state index contributed by atoms with van der Waals surface area (Å²) in [6.07, 6.45) is -72.3. The van der Waals surface area contributed by atoms with Gasteiger partial charge in [-0.3, -0.25) is 4.79 Å². The molecule has 0 radical (unpaired) electrons. The molecule has 474 valence electrons. The van der Waals surface area contributed by atoms with Crippen LogP contribution in [-0.4, -0.2) is 375 Å². The molecule has 82 heavy (non-hydrogen) atoms. The first-order valence-electron chi connectivity index (χ1n) is 26.0. The molecule has 0 aliphatic carbocycles. The molecule has 37 heteroatoms. The molecule has 0 aromatic heterocycles. The van der Waals surface area contributed by atoms with Gasteiger partial charge in [-0.05, 0) is 0 Å². The van der Waals surface area contributed by atoms with Crippen molar-refractivity contribution in [2.45, 2.75) is 222 Å². The largest absolute Gasteiger partial charge is 0.457 e. The molecule has 0 spiro atoms. The Bertz CT molecular complexity index is 2030. The van der Waals surface area contributed by atoms with Gasteiger partial charge in [0.05, 0.1) is 39.6 Å². The van der Waals surface area contributed by atoms with E-state index in [0.29, 0.717) is 0 Å². The van der Waals surface area contributed by atoms with Crippen LogP contribution in [0.5, 0.6) is 0 Å². The van der Waals surface area contributed by atoms with Gasteiger partial charge in [-0.25, -0.2) is 4.79 Å². The van der Waals surface area contributed by atoms with Crippen LogP contribution in [0, 0.1) is 0 Å². The van der Waals surface area contributed by atoms with Crippen LogP contribution >= 0.6 is 0 Å². The number of aliphatic hydroxyl groups is 20. The molecule has 21 aliphatic rings. The third kappa shape index (κ3) is 13.1. The number of hydrogen-bond acceptors (Lipinski definition) is 37. The van der Waals surface area contributed by atoms with Crippen LogP contribution in [0.2, 0.25) is 0 Å². The van der Waals surface area contributed by atoms with Crippen molar-refractivity contribution in [3.8, 4) is 0 Å². The Hall–Kier alpha value is -2.22. The highest BCUT2D eigenvalue weighted by Gasteiger charge is 2.59. The average Bonchev–Trinajstić information content (AvgIpc) is 3.67. The molecular weight excluding hydrogens is 1130 g/mol. The molecule has 20 N–H and O–H groups in total. The van der Waals surface area contributed by atoms with Crippen molar-refractivity contribution < 1.29 is 183 Å². The molecule has 0 saturated carbocycles. The summed E-state index contributed by atoms with van der Waals surface area (Å²) in [6.45, 7) is -6.70. The maximum absolute atomic E-state index is 12.4. The number of carbonyl (C=O) groups excluding carboxylic acids is 2. The topological polar surface area (TPSA) is 577 Å². The number of carbonyl (C=O) groups is 2. The molecular formula is C45H72O37. The number of aliphatic hydroxyl groups excluding tert-OH is 20. The first kappa shape index (κ1) is 65.7. The maximum Gasteiger partial charge on any atom is 0.374 e. The monoisotopic (exact) mass is 1200 g/mol. The summed E-state index contributed by atoms with van der Waals surface area (Å²) in [5.41, 5.74) is 0. The third-order valence-electron chi connectivity index (χ3n) is 15.3. The first-order valence-corrected chi connectivity index (χ1v) is 26.0. The van der Waals surface area contributed by atoms with Crippen molar-refractivity contribution in [3.05, 3.63) is 0 Å². The normalized spacial score (nSPS) is 52.6. The maximum atomic E-state index is 12.4. The van der Waals surface area contributed by atoms with Crippen molar-refractivity contribution >= 4 is 11.8 Å². The van der Waals surface area contributed by atoms with E-state index in [9.17, 15) is 112 Å². The van der Waals surface area contributed by atoms with Crippen molar-refractivity contribution in [3.63, 3.8) is 0 Å². The number of ketones is 1. The van der Waals surface area contributed by atoms with Crippen LogP contribution in [0.3, 0.4) is 0 Å². The van der Waals surface area contributed by atoms with E-state index < -0.39 is 273 Å². The van der Waals surface area contributed by atoms with Crippen LogP contribution in [0.15, 0.2) is 0 Å². The smallest absolute Gasteiger partial charge is 0.374 e. The molecule has 21 aliphatic heterocycles. The number of rotatable bonds is 9. The second-order valence-electron chi connectivity index (χ2n) is 20.6. The standard InChI is InChI=1S/C45H72O37/c1-9(52)38(67)68-8-16-37-23(59)30(66)45(75-16)81-36-15(7-51)73-43(28(64)21(36)57)79-34-13(5-49)71-41(26(62)19(34)55)77-32-11(3-47)69-39(24(60)17(32)53)76-31-10(2-46)70-40(25(61)18(31)54)78-33-12(4-48)72-42(27(63)20(33)56)80-35-14(6-50)74-44(82-37)29(65)22(35)58/h10-37,39-51,53-66H,2-8H2,1H3/t10-,11+,12-,13+,14-,15+,16-,17+,18+,19-,20+,21-,22+,23+,24+,25+,26-,27+,28+,29+,30+,31+,32+,33+,34+,35+,36+,37+,39+,40+,41+,42+,43+,44+,45+/m0/s1. The number of esters is 1. The molecule has 0 aromatic carbocycles. The van der Waals surface area contributed by atoms with E-state index in [1.807, 2.05) is 0 Å². The summed E-state index contributed by atoms with van der Waals surface area (Å²) in [6, 6.07) is 0. The van der Waals surface area contributed by atoms with Crippen LogP contribution in [0.25, 0.3) is 0 Å². The predicted molar refractivity (Wildman–Crippen MR) is 243 cm³/mol. The highest BCUT2D eigenvalue weighted by atomic mass is 16.8. The Morgan fingerprint density at radius 1 is 0.268 bits per heavy atom. The molecule has 0 aromatic rings. The Morgan fingerprint density at radius 3 is 0.585 bits per heavy atom. The van der Waals surface area contributed by atoms with Gasteiger partial charge in [-0.15, -0.1) is 0 Å². The zero-order valence-corrected chi connectivity index (χ0v) is 43.0. The minimum atomic E-state index is -2.32. The van der Waals surface area contributed by atoms with Gasteiger partial charge in [-0.2, -0.15) is 0 Å². The van der Waals surface area contributed by atoms with Gasteiger partial charge in [0, 0.05) is 6.92 Å². The van der Waals surface area contributed by atoms with E-state index >= 15 is 0 Å². The fourth-order valence-corrected chi connectivity index (χ4v) is 10.7. The Morgan fingerprint density at radius 2 is 0.427 bits per heavy atom. The molecule has 14 bridgehead atoms. The van der Waals surface area contributed by atoms with Crippen molar-refractivity contribution in [2.24, 2.45) is 0 Å². The van der Waals surface area contributed by atoms with Crippen molar-refractivity contribution in [2.75, 3.05) is 46.2 Å². The average molecular weight is 1210 g/mol. The van der Waals surface area contributed by atoms with E-state index in [2.05, 4.69) is 0 Å². The second kappa shape index (κ2) is 27.9. The van der Waals surface area contributed by atoms with Gasteiger partial charge in [-0.1, -0.05) is 0 Å². The lowest BCUT2D eigenvalue weighted by Gasteiger charge is -2.50. The first-order chi connectivity index (χ1) is 38.9. The molecule has 35 atom stereocenters. The minimum Gasteiger partial charge on any atom is -0.457 e. The summed E-state index contributed by atoms with van der Waals surface area (Å²) in [4.78, 5) is 24.2. The SMILES string of the molecule is CC(=O)C(=O)OC[C@@H]1O[C@@H]2O[C@H]3[C@@H](O)[C@@H](O)[C@@H](O[C@H]4[C@@H](O)[C@H](O)[C@@H](O[C@H]5[C@H](O)[C@@H](O)[C@@H](O[C@H]6[C@H](O)[C@@H](O)[C@@H](O[C@H]7[C@H](O)[C@@H](O)[C@@H](O[C@H]8[C@H](O)[C@@H](O)[C@@H](O[C@H]1[C@H](O)[C@H]2O)O[C@H]8CO)O[C@H]7CO)O[C@H]6CO)O[C@@H]5CO)O[C@@H]4CO)O[C@@H]3CO. The van der Waals surface area contributed by atoms with E-state index in [0.717, 1.165) is 6.92 Å². The quantitative estimate of drug-likeness (QED) is 0.0753. The van der Waals surface area contributed by atoms with Gasteiger partial charge in [0.15, 0.2) is 44.0 Å². The molecule has 21 fully saturated rings. The second-order valence-corrected chi connectivity index (χ2v) is 20.6. The molecule has 0 unspecified atom stereocenters. The van der Waals surface area contributed by atoms with Crippen molar-refractivity contribution in [1.29, 1.82) is 0 Å². The fourth-order valence-electron chi connectivity index (χ4n) is 10.7. The van der Waals surface area contributed by atoms with Crippen LogP contribution in [-0.2, 0) is 80.6 Å². The Labute approximate surface area is 462 Å². The van der Waals surface area contributed by atoms with E-state index in [1.165, 1.54) is 0 Å². The number of ether oxygens (including phenoxy) is 15. The lowest BCUT2D eigenvalue weighted by atomic mass is 9.95. The Kier molecular flexibility index (Phi) is 22.3. The summed E-state index contributed by atoms with van der Waals surface area (Å²) in [5.74, 6) is -2.60. The van der Waals surface area contributed by atoms with E-state index in [-0.39, 0.29) is 0 Å². The van der Waals surface area contributed by atoms with Gasteiger partial charge in [0.2, 0.25) is 5.78 Å². The van der Waals surface area contributed by atoms with Crippen LogP contribution < -0.4 is 0 Å². The summed E-state index contributed by atoms with van der Waals surface area (Å²) in [7, 11) is 0. The third-order valence-corrected chi connectivity index (χ3v) is 15.3. The lowest BCUT2D eigenvalue weighted by molar-refractivity contribution is -0.396. The predicted octanol–water partition coefficient (Wildman–Crippen LogP) is -15.1. The minimum absolute atomic E-state index is 0.828. The van der Waals surface area contributed by atoms with Crippen LogP contribution in [0.1, 0.15) is 6.92 Å². The van der Waals surface area contributed by atoms with Gasteiger partial charge in [0.1, 0.15) is 178 Å². The zero-order valence-electron chi connectivity index (χ0n) is 43.0. The highest BCUT2D eigenvalue weighted by molar-refractivity contribution is 6.32. The Balaban J connectivity index is 1.10. The summed E-state index contributed by atoms with van der Waals surface area (Å²) < 4.78 is 84.9. The highest BCUT2D eigenvalue weighted by Crippen LogP contribution is 2.39. The molecule has 21 saturated heterocycles. The fraction of sp³-hybridized carbons (Fsp3) is 0.956. The molecule has 21 rings (SSSR count). The molecule has 21 heterocycles. The number of Topliss-reactive ketones (excluding diaryl/α,β-unsaturated/α-hetero) is 1. The van der Waals surface area contributed by atoms with E-state index in [1.54, 1.807) is 0 Å². The summed E-state index contributed by atoms with van der Waals surface area (Å²) >= 11 is 0.